The summed E-state index contributed by atoms with van der Waals surface area (Å²) in [5.74, 6) is 0. The van der Waals surface area contributed by atoms with E-state index in [-0.39, 0.29) is 0 Å². The molecule has 0 nitrogen and oxygen atoms in total. The summed E-state index contributed by atoms with van der Waals surface area (Å²) in [6, 6.07) is 68.6. The van der Waals surface area contributed by atoms with Crippen LogP contribution in [0.4, 0.5) is 0 Å². The molecule has 0 atom stereocenters. The molecule has 0 saturated heterocycles. The van der Waals surface area contributed by atoms with Gasteiger partial charge in [-0.1, -0.05) is 0 Å². The van der Waals surface area contributed by atoms with E-state index >= 15 is 0 Å². The summed E-state index contributed by atoms with van der Waals surface area (Å²) in [6.45, 7) is 0. The second-order valence-corrected chi connectivity index (χ2v) is 31.2. The topological polar surface area (TPSA) is 0 Å². The van der Waals surface area contributed by atoms with Crippen molar-refractivity contribution in [2.24, 2.45) is 0 Å². The van der Waals surface area contributed by atoms with Crippen LogP contribution in [0.2, 0.25) is 0 Å². The van der Waals surface area contributed by atoms with Gasteiger partial charge >= 0.3 is 267 Å². The minimum absolute atomic E-state index is 0.403. The van der Waals surface area contributed by atoms with E-state index in [2.05, 4.69) is 182 Å². The van der Waals surface area contributed by atoms with Gasteiger partial charge in [0.1, 0.15) is 0 Å². The molecular formula is C37H32P3Se2+. The van der Waals surface area contributed by atoms with E-state index in [1.165, 1.54) is 30.1 Å². The van der Waals surface area contributed by atoms with Gasteiger partial charge in [0, 0.05) is 0 Å². The molecule has 0 heterocycles. The van der Waals surface area contributed by atoms with Crippen molar-refractivity contribution in [3.63, 3.8) is 0 Å². The van der Waals surface area contributed by atoms with Gasteiger partial charge in [-0.2, -0.15) is 0 Å². The molecular weight excluding hydrogens is 695 g/mol. The molecule has 0 aliphatic carbocycles. The molecule has 5 heteroatoms. The Morgan fingerprint density at radius 1 is 0.333 bits per heavy atom. The Balaban J connectivity index is 1.61. The first kappa shape index (κ1) is 29.7. The van der Waals surface area contributed by atoms with Crippen LogP contribution in [0, 0.1) is 0 Å². The molecule has 0 aromatic heterocycles. The minimum atomic E-state index is -0.891. The Hall–Kier alpha value is -2.35. The average molecular weight is 728 g/mol. The van der Waals surface area contributed by atoms with Crippen molar-refractivity contribution in [1.29, 1.82) is 0 Å². The molecule has 6 aromatic rings. The van der Waals surface area contributed by atoms with Gasteiger partial charge in [-0.05, 0) is 0 Å². The van der Waals surface area contributed by atoms with E-state index in [1.807, 2.05) is 0 Å². The number of benzene rings is 6. The molecule has 206 valence electrons. The molecule has 0 bridgehead atoms. The summed E-state index contributed by atoms with van der Waals surface area (Å²) >= 11 is 0.807. The van der Waals surface area contributed by atoms with E-state index < -0.39 is 21.1 Å². The Morgan fingerprint density at radius 2 is 0.571 bits per heavy atom. The average Bonchev–Trinajstić information content (AvgIpc) is 3.07. The fourth-order valence-electron chi connectivity index (χ4n) is 4.88. The van der Waals surface area contributed by atoms with Crippen LogP contribution in [-0.2, 0) is 0 Å². The number of rotatable bonds is 11. The van der Waals surface area contributed by atoms with Crippen molar-refractivity contribution in [2.75, 3.05) is 0 Å². The fraction of sp³-hybridized carbons (Fsp3) is 0.0270. The van der Waals surface area contributed by atoms with Crippen LogP contribution >= 0.6 is 21.1 Å². The molecule has 6 aromatic carbocycles. The second kappa shape index (κ2) is 15.4. The van der Waals surface area contributed by atoms with Crippen molar-refractivity contribution in [3.8, 4) is 0 Å². The van der Waals surface area contributed by atoms with E-state index in [0.717, 1.165) is 0 Å². The number of hydrogen-bond acceptors (Lipinski definition) is 0. The summed E-state index contributed by atoms with van der Waals surface area (Å²) in [7, 11) is -1.25. The Kier molecular flexibility index (Phi) is 10.9. The zero-order chi connectivity index (χ0) is 28.4. The van der Waals surface area contributed by atoms with Crippen LogP contribution in [0.5, 0.6) is 0 Å². The molecule has 0 spiro atoms. The van der Waals surface area contributed by atoms with Crippen LogP contribution in [0.1, 0.15) is 0 Å². The summed E-state index contributed by atoms with van der Waals surface area (Å²) in [5, 5.41) is 5.67. The first-order valence-corrected chi connectivity index (χ1v) is 25.0. The van der Waals surface area contributed by atoms with Crippen LogP contribution in [0.25, 0.3) is 0 Å². The maximum absolute atomic E-state index is 2.40. The molecule has 0 aliphatic heterocycles. The van der Waals surface area contributed by atoms with E-state index in [4.69, 9.17) is 0 Å². The number of hydrogen-bond donors (Lipinski definition) is 0. The summed E-state index contributed by atoms with van der Waals surface area (Å²) in [4.78, 5) is 0. The Morgan fingerprint density at radius 3 is 0.833 bits per heavy atom. The third-order valence-corrected chi connectivity index (χ3v) is 36.7. The van der Waals surface area contributed by atoms with E-state index in [0.29, 0.717) is 34.2 Å². The summed E-state index contributed by atoms with van der Waals surface area (Å²) < 4.78 is 3.07. The van der Waals surface area contributed by atoms with Crippen molar-refractivity contribution >= 4 is 80.3 Å². The molecule has 0 unspecified atom stereocenters. The van der Waals surface area contributed by atoms with Crippen molar-refractivity contribution in [1.82, 2.24) is 0 Å². The first-order chi connectivity index (χ1) is 20.9. The zero-order valence-electron chi connectivity index (χ0n) is 23.1. The second-order valence-electron chi connectivity index (χ2n) is 9.61. The van der Waals surface area contributed by atoms with Gasteiger partial charge < -0.3 is 0 Å². The summed E-state index contributed by atoms with van der Waals surface area (Å²) in [6.07, 6.45) is 0. The van der Waals surface area contributed by atoms with Crippen LogP contribution in [0.3, 0.4) is 0 Å². The monoisotopic (exact) mass is 729 g/mol. The molecule has 0 fully saturated rings. The molecule has 42 heavy (non-hydrogen) atoms. The Bertz CT molecular complexity index is 1420. The maximum atomic E-state index is 2.40. The van der Waals surface area contributed by atoms with Crippen LogP contribution < -0.4 is 30.1 Å². The predicted octanol–water partition coefficient (Wildman–Crippen LogP) is 6.64. The standard InChI is InChI=1S/C37H31P3Se2/c1-7-19-31(20-8-1)38(32-21-9-2-10-22-32)37(39(33-23-11-3-12-24-33)34-25-13-4-14-26-34)40(41-35-27-15-5-16-28-35)42-36-29-17-6-18-30-36/h1-30,37H/p+1. The SMILES string of the molecule is c1ccc([Se][PH+]([Se]c2ccccc2)C(P(c2ccccc2)c2ccccc2)P(c2ccccc2)c2ccccc2)cc1. The van der Waals surface area contributed by atoms with Gasteiger partial charge in [0.15, 0.2) is 0 Å². The molecule has 6 rings (SSSR count). The third-order valence-electron chi connectivity index (χ3n) is 6.76. The van der Waals surface area contributed by atoms with Crippen LogP contribution in [-0.4, -0.2) is 34.2 Å². The first-order valence-electron chi connectivity index (χ1n) is 14.0. The molecule has 0 radical (unpaired) electrons. The quantitative estimate of drug-likeness (QED) is 0.104. The van der Waals surface area contributed by atoms with Gasteiger partial charge in [0.05, 0.1) is 0 Å². The van der Waals surface area contributed by atoms with Crippen molar-refractivity contribution < 1.29 is 0 Å². The van der Waals surface area contributed by atoms with Crippen LogP contribution in [0.15, 0.2) is 182 Å². The third kappa shape index (κ3) is 7.59. The molecule has 0 amide bonds. The van der Waals surface area contributed by atoms with E-state index in [1.54, 1.807) is 0 Å². The fourth-order valence-corrected chi connectivity index (χ4v) is 41.4. The predicted molar refractivity (Wildman–Crippen MR) is 194 cm³/mol. The Labute approximate surface area is 265 Å². The van der Waals surface area contributed by atoms with E-state index in [9.17, 15) is 0 Å². The van der Waals surface area contributed by atoms with Crippen molar-refractivity contribution in [3.05, 3.63) is 182 Å². The normalized spacial score (nSPS) is 11.4. The van der Waals surface area contributed by atoms with Gasteiger partial charge in [-0.25, -0.2) is 0 Å². The molecule has 0 aliphatic rings. The molecule has 0 N–H and O–H groups in total. The van der Waals surface area contributed by atoms with Gasteiger partial charge in [0.2, 0.25) is 0 Å². The van der Waals surface area contributed by atoms with Gasteiger partial charge in [-0.3, -0.25) is 0 Å². The van der Waals surface area contributed by atoms with Crippen molar-refractivity contribution in [2.45, 2.75) is 5.14 Å². The molecule has 0 saturated carbocycles. The van der Waals surface area contributed by atoms with Gasteiger partial charge in [0.25, 0.3) is 0 Å². The van der Waals surface area contributed by atoms with Gasteiger partial charge in [-0.15, -0.1) is 0 Å². The zero-order valence-corrected chi connectivity index (χ0v) is 29.3. The summed E-state index contributed by atoms with van der Waals surface area (Å²) in [5.41, 5.74) is 0.